The van der Waals surface area contributed by atoms with Crippen LogP contribution in [0.25, 0.3) is 16.9 Å². The summed E-state index contributed by atoms with van der Waals surface area (Å²) in [6.45, 7) is 7.20. The van der Waals surface area contributed by atoms with Crippen molar-refractivity contribution in [2.24, 2.45) is 0 Å². The fourth-order valence-electron chi connectivity index (χ4n) is 3.80. The van der Waals surface area contributed by atoms with E-state index >= 15 is 0 Å². The number of nitrogens with one attached hydrogen (secondary N) is 1. The number of carbonyl (C=O) groups is 1. The van der Waals surface area contributed by atoms with Crippen LogP contribution in [0.1, 0.15) is 30.3 Å². The molecule has 0 bridgehead atoms. The molecule has 0 aliphatic heterocycles. The van der Waals surface area contributed by atoms with Gasteiger partial charge in [-0.05, 0) is 50.6 Å². The van der Waals surface area contributed by atoms with Gasteiger partial charge < -0.3 is 5.32 Å². The maximum absolute atomic E-state index is 12.7. The molecule has 160 valence electrons. The number of carbonyl (C=O) groups excluding carboxylic acids is 1. The molecule has 0 saturated heterocycles. The Morgan fingerprint density at radius 2 is 1.81 bits per heavy atom. The molecule has 1 amide bonds. The summed E-state index contributed by atoms with van der Waals surface area (Å²) in [5.74, 6) is 0.634. The summed E-state index contributed by atoms with van der Waals surface area (Å²) in [6.07, 6.45) is 1.97. The van der Waals surface area contributed by atoms with Crippen LogP contribution in [0.5, 0.6) is 0 Å². The smallest absolute Gasteiger partial charge is 0.329 e. The van der Waals surface area contributed by atoms with Crippen molar-refractivity contribution in [1.29, 1.82) is 0 Å². The van der Waals surface area contributed by atoms with Gasteiger partial charge in [-0.15, -0.1) is 0 Å². The molecule has 8 nitrogen and oxygen atoms in total. The lowest BCUT2D eigenvalue weighted by Gasteiger charge is -2.08. The van der Waals surface area contributed by atoms with Gasteiger partial charge in [-0.2, -0.15) is 5.10 Å². The van der Waals surface area contributed by atoms with Crippen LogP contribution < -0.4 is 11.0 Å². The van der Waals surface area contributed by atoms with Gasteiger partial charge in [0.15, 0.2) is 5.82 Å². The Morgan fingerprint density at radius 3 is 2.42 bits per heavy atom. The zero-order valence-electron chi connectivity index (χ0n) is 18.0. The van der Waals surface area contributed by atoms with E-state index in [2.05, 4.69) is 15.4 Å². The van der Waals surface area contributed by atoms with Gasteiger partial charge in [-0.25, -0.2) is 14.5 Å². The molecular formula is C23H26N6O2. The van der Waals surface area contributed by atoms with E-state index in [-0.39, 0.29) is 18.0 Å². The van der Waals surface area contributed by atoms with Gasteiger partial charge in [0.2, 0.25) is 5.91 Å². The molecule has 0 fully saturated rings. The lowest BCUT2D eigenvalue weighted by atomic mass is 10.2. The average molecular weight is 419 g/mol. The highest BCUT2D eigenvalue weighted by molar-refractivity contribution is 5.78. The third-order valence-corrected chi connectivity index (χ3v) is 5.33. The van der Waals surface area contributed by atoms with Crippen LogP contribution in [0.2, 0.25) is 0 Å². The molecule has 0 unspecified atom stereocenters. The van der Waals surface area contributed by atoms with Gasteiger partial charge in [0.1, 0.15) is 0 Å². The Hall–Kier alpha value is -3.68. The molecule has 31 heavy (non-hydrogen) atoms. The second-order valence-corrected chi connectivity index (χ2v) is 7.56. The SMILES string of the molecule is CCn1c(=O)n(CCC(=O)NCc2ccc(-n3nc(C)cc3C)nc2)c2ccccc21. The molecular weight excluding hydrogens is 392 g/mol. The first kappa shape index (κ1) is 20.6. The predicted molar refractivity (Wildman–Crippen MR) is 119 cm³/mol. The number of aromatic nitrogens is 5. The molecule has 3 heterocycles. The molecule has 4 rings (SSSR count). The molecule has 4 aromatic rings. The molecule has 0 saturated carbocycles. The third-order valence-electron chi connectivity index (χ3n) is 5.33. The topological polar surface area (TPSA) is 86.7 Å². The molecule has 1 aromatic carbocycles. The van der Waals surface area contributed by atoms with Crippen molar-refractivity contribution in [2.75, 3.05) is 0 Å². The summed E-state index contributed by atoms with van der Waals surface area (Å²) in [7, 11) is 0. The van der Waals surface area contributed by atoms with Crippen molar-refractivity contribution in [3.8, 4) is 5.82 Å². The molecule has 0 aliphatic carbocycles. The van der Waals surface area contributed by atoms with Gasteiger partial charge >= 0.3 is 5.69 Å². The maximum atomic E-state index is 12.7. The Bertz CT molecular complexity index is 1280. The van der Waals surface area contributed by atoms with Gasteiger partial charge in [-0.1, -0.05) is 18.2 Å². The van der Waals surface area contributed by atoms with Crippen LogP contribution in [0, 0.1) is 13.8 Å². The average Bonchev–Trinajstić information content (AvgIpc) is 3.25. The van der Waals surface area contributed by atoms with Crippen LogP contribution in [-0.2, 0) is 24.4 Å². The largest absolute Gasteiger partial charge is 0.352 e. The Kier molecular flexibility index (Phi) is 5.70. The molecule has 8 heteroatoms. The number of nitrogens with zero attached hydrogens (tertiary/aromatic N) is 5. The Balaban J connectivity index is 1.37. The first-order valence-corrected chi connectivity index (χ1v) is 10.4. The summed E-state index contributed by atoms with van der Waals surface area (Å²) in [5.41, 5.74) is 4.52. The molecule has 0 radical (unpaired) electrons. The number of aryl methyl sites for hydroxylation is 4. The van der Waals surface area contributed by atoms with Crippen molar-refractivity contribution < 1.29 is 4.79 Å². The Morgan fingerprint density at radius 1 is 1.06 bits per heavy atom. The quantitative estimate of drug-likeness (QED) is 0.500. The van der Waals surface area contributed by atoms with Gasteiger partial charge in [0.05, 0.1) is 16.7 Å². The van der Waals surface area contributed by atoms with E-state index in [1.165, 1.54) is 0 Å². The summed E-state index contributed by atoms with van der Waals surface area (Å²) < 4.78 is 5.19. The normalized spacial score (nSPS) is 11.2. The zero-order chi connectivity index (χ0) is 22.0. The number of rotatable bonds is 7. The number of hydrogen-bond acceptors (Lipinski definition) is 4. The van der Waals surface area contributed by atoms with E-state index in [0.717, 1.165) is 33.8 Å². The number of imidazole rings is 1. The Labute approximate surface area is 180 Å². The number of fused-ring (bicyclic) bond motifs is 1. The lowest BCUT2D eigenvalue weighted by Crippen LogP contribution is -2.28. The van der Waals surface area contributed by atoms with Crippen LogP contribution in [0.3, 0.4) is 0 Å². The minimum Gasteiger partial charge on any atom is -0.352 e. The number of para-hydroxylation sites is 2. The number of amides is 1. The van der Waals surface area contributed by atoms with Crippen LogP contribution in [0.4, 0.5) is 0 Å². The summed E-state index contributed by atoms with van der Waals surface area (Å²) in [5, 5.41) is 7.34. The van der Waals surface area contributed by atoms with Crippen molar-refractivity contribution in [3.05, 3.63) is 76.1 Å². The van der Waals surface area contributed by atoms with E-state index in [0.29, 0.717) is 19.6 Å². The second-order valence-electron chi connectivity index (χ2n) is 7.56. The van der Waals surface area contributed by atoms with Crippen molar-refractivity contribution in [2.45, 2.75) is 46.8 Å². The first-order valence-electron chi connectivity index (χ1n) is 10.4. The first-order chi connectivity index (χ1) is 15.0. The van der Waals surface area contributed by atoms with E-state index in [4.69, 9.17) is 0 Å². The minimum atomic E-state index is -0.108. The van der Waals surface area contributed by atoms with Crippen molar-refractivity contribution >= 4 is 16.9 Å². The van der Waals surface area contributed by atoms with Crippen LogP contribution >= 0.6 is 0 Å². The van der Waals surface area contributed by atoms with E-state index in [1.807, 2.05) is 63.2 Å². The minimum absolute atomic E-state index is 0.0829. The van der Waals surface area contributed by atoms with Gasteiger partial charge in [0, 0.05) is 37.9 Å². The second kappa shape index (κ2) is 8.59. The van der Waals surface area contributed by atoms with Gasteiger partial charge in [-0.3, -0.25) is 13.9 Å². The molecule has 0 aliphatic rings. The predicted octanol–water partition coefficient (Wildman–Crippen LogP) is 2.73. The van der Waals surface area contributed by atoms with Gasteiger partial charge in [0.25, 0.3) is 0 Å². The summed E-state index contributed by atoms with van der Waals surface area (Å²) in [4.78, 5) is 29.5. The molecule has 1 N–H and O–H groups in total. The van der Waals surface area contributed by atoms with E-state index < -0.39 is 0 Å². The number of hydrogen-bond donors (Lipinski definition) is 1. The van der Waals surface area contributed by atoms with Crippen LogP contribution in [0.15, 0.2) is 53.5 Å². The fourth-order valence-corrected chi connectivity index (χ4v) is 3.80. The van der Waals surface area contributed by atoms with Crippen molar-refractivity contribution in [3.63, 3.8) is 0 Å². The molecule has 3 aromatic heterocycles. The lowest BCUT2D eigenvalue weighted by molar-refractivity contribution is -0.121. The third kappa shape index (κ3) is 4.14. The summed E-state index contributed by atoms with van der Waals surface area (Å²) in [6, 6.07) is 13.5. The molecule has 0 spiro atoms. The van der Waals surface area contributed by atoms with E-state index in [1.54, 1.807) is 20.0 Å². The van der Waals surface area contributed by atoms with E-state index in [9.17, 15) is 9.59 Å². The highest BCUT2D eigenvalue weighted by Gasteiger charge is 2.13. The van der Waals surface area contributed by atoms with Crippen LogP contribution in [-0.4, -0.2) is 29.8 Å². The fraction of sp³-hybridized carbons (Fsp3) is 0.304. The number of pyridine rings is 1. The highest BCUT2D eigenvalue weighted by atomic mass is 16.2. The maximum Gasteiger partial charge on any atom is 0.329 e. The monoisotopic (exact) mass is 418 g/mol. The standard InChI is InChI=1S/C23H26N6O2/c1-4-27-19-7-5-6-8-20(19)28(23(27)31)12-11-22(30)25-15-18-9-10-21(24-14-18)29-17(3)13-16(2)26-29/h5-10,13-14H,4,11-12,15H2,1-3H3,(H,25,30). The van der Waals surface area contributed by atoms with Crippen molar-refractivity contribution in [1.82, 2.24) is 29.2 Å². The zero-order valence-corrected chi connectivity index (χ0v) is 18.0. The highest BCUT2D eigenvalue weighted by Crippen LogP contribution is 2.13. The summed E-state index contributed by atoms with van der Waals surface area (Å²) >= 11 is 0. The number of benzene rings is 1. The molecule has 0 atom stereocenters.